The van der Waals surface area contributed by atoms with Gasteiger partial charge in [-0.25, -0.2) is 13.6 Å². The van der Waals surface area contributed by atoms with Crippen molar-refractivity contribution in [1.29, 1.82) is 0 Å². The smallest absolute Gasteiger partial charge is 0.306 e. The molecule has 0 aliphatic heterocycles. The van der Waals surface area contributed by atoms with E-state index in [-0.39, 0.29) is 28.9 Å². The fraction of sp³-hybridized carbons (Fsp3) is 0.500. The van der Waals surface area contributed by atoms with Gasteiger partial charge in [0.2, 0.25) is 10.0 Å². The van der Waals surface area contributed by atoms with Gasteiger partial charge in [0.15, 0.2) is 0 Å². The number of ether oxygens (including phenoxy) is 2. The summed E-state index contributed by atoms with van der Waals surface area (Å²) in [6.45, 7) is 5.66. The van der Waals surface area contributed by atoms with Gasteiger partial charge >= 0.3 is 5.97 Å². The second-order valence-electron chi connectivity index (χ2n) is 5.68. The standard InChI is InChI=1S/C14H20ClNO5S/c1-14(2,3)21-13(17)5-4-8-20-12-7-6-10(9-11(12)15)22(16,18)19/h6-7,9H,4-5,8H2,1-3H3,(H2,16,18,19). The summed E-state index contributed by atoms with van der Waals surface area (Å²) in [5.41, 5.74) is -0.509. The number of rotatable bonds is 6. The van der Waals surface area contributed by atoms with Crippen molar-refractivity contribution in [2.75, 3.05) is 6.61 Å². The maximum Gasteiger partial charge on any atom is 0.306 e. The van der Waals surface area contributed by atoms with Crippen LogP contribution in [0.3, 0.4) is 0 Å². The van der Waals surface area contributed by atoms with Crippen molar-refractivity contribution in [3.8, 4) is 5.75 Å². The van der Waals surface area contributed by atoms with Crippen molar-refractivity contribution in [2.45, 2.75) is 44.1 Å². The molecule has 124 valence electrons. The molecule has 0 aliphatic rings. The molecule has 6 nitrogen and oxygen atoms in total. The highest BCUT2D eigenvalue weighted by molar-refractivity contribution is 7.89. The van der Waals surface area contributed by atoms with Gasteiger partial charge in [0, 0.05) is 6.42 Å². The lowest BCUT2D eigenvalue weighted by Gasteiger charge is -2.19. The molecule has 1 aromatic rings. The van der Waals surface area contributed by atoms with E-state index in [4.69, 9.17) is 26.2 Å². The second-order valence-corrected chi connectivity index (χ2v) is 7.64. The van der Waals surface area contributed by atoms with Crippen LogP contribution >= 0.6 is 11.6 Å². The van der Waals surface area contributed by atoms with Crippen LogP contribution in [0.15, 0.2) is 23.1 Å². The maximum absolute atomic E-state index is 11.5. The minimum atomic E-state index is -3.80. The van der Waals surface area contributed by atoms with Crippen molar-refractivity contribution in [1.82, 2.24) is 0 Å². The molecule has 0 fully saturated rings. The van der Waals surface area contributed by atoms with E-state index in [1.807, 2.05) is 0 Å². The second kappa shape index (κ2) is 7.30. The molecule has 0 saturated heterocycles. The number of hydrogen-bond donors (Lipinski definition) is 1. The van der Waals surface area contributed by atoms with Gasteiger partial charge in [-0.15, -0.1) is 0 Å². The number of benzene rings is 1. The van der Waals surface area contributed by atoms with E-state index < -0.39 is 15.6 Å². The van der Waals surface area contributed by atoms with Gasteiger partial charge in [0.1, 0.15) is 11.4 Å². The first kappa shape index (κ1) is 18.7. The van der Waals surface area contributed by atoms with Crippen LogP contribution in [0.5, 0.6) is 5.75 Å². The molecular formula is C14H20ClNO5S. The van der Waals surface area contributed by atoms with Gasteiger partial charge in [-0.1, -0.05) is 11.6 Å². The molecule has 0 aliphatic carbocycles. The molecule has 0 spiro atoms. The quantitative estimate of drug-likeness (QED) is 0.628. The Bertz CT molecular complexity index is 637. The largest absolute Gasteiger partial charge is 0.492 e. The third-order valence-electron chi connectivity index (χ3n) is 2.43. The number of esters is 1. The van der Waals surface area contributed by atoms with Gasteiger partial charge in [-0.05, 0) is 45.4 Å². The fourth-order valence-corrected chi connectivity index (χ4v) is 2.41. The number of hydrogen-bond acceptors (Lipinski definition) is 5. The Morgan fingerprint density at radius 2 is 1.95 bits per heavy atom. The number of carbonyl (C=O) groups excluding carboxylic acids is 1. The van der Waals surface area contributed by atoms with Crippen LogP contribution in [0.4, 0.5) is 0 Å². The van der Waals surface area contributed by atoms with Crippen molar-refractivity contribution in [3.05, 3.63) is 23.2 Å². The molecule has 0 bridgehead atoms. The Labute approximate surface area is 135 Å². The molecule has 0 atom stereocenters. The van der Waals surface area contributed by atoms with Crippen molar-refractivity contribution in [3.63, 3.8) is 0 Å². The summed E-state index contributed by atoms with van der Waals surface area (Å²) < 4.78 is 32.9. The maximum atomic E-state index is 11.5. The third-order valence-corrected chi connectivity index (χ3v) is 3.64. The fourth-order valence-electron chi connectivity index (χ4n) is 1.57. The number of halogens is 1. The third kappa shape index (κ3) is 6.64. The zero-order valence-corrected chi connectivity index (χ0v) is 14.3. The summed E-state index contributed by atoms with van der Waals surface area (Å²) in [6.07, 6.45) is 0.687. The first-order chi connectivity index (χ1) is 9.99. The lowest BCUT2D eigenvalue weighted by Crippen LogP contribution is -2.23. The lowest BCUT2D eigenvalue weighted by molar-refractivity contribution is -0.155. The molecule has 0 heterocycles. The van der Waals surface area contributed by atoms with Crippen LogP contribution in [0.25, 0.3) is 0 Å². The molecule has 22 heavy (non-hydrogen) atoms. The minimum absolute atomic E-state index is 0.0846. The molecule has 0 amide bonds. The topological polar surface area (TPSA) is 95.7 Å². The molecule has 0 aromatic heterocycles. The van der Waals surface area contributed by atoms with E-state index in [2.05, 4.69) is 0 Å². The van der Waals surface area contributed by atoms with Crippen LogP contribution in [0.1, 0.15) is 33.6 Å². The van der Waals surface area contributed by atoms with Gasteiger partial charge in [0.05, 0.1) is 16.5 Å². The zero-order valence-electron chi connectivity index (χ0n) is 12.8. The molecule has 8 heteroatoms. The number of nitrogens with two attached hydrogens (primary N) is 1. The highest BCUT2D eigenvalue weighted by Crippen LogP contribution is 2.27. The molecule has 2 N–H and O–H groups in total. The number of carbonyl (C=O) groups is 1. The Hall–Kier alpha value is -1.31. The van der Waals surface area contributed by atoms with E-state index in [0.29, 0.717) is 12.2 Å². The highest BCUT2D eigenvalue weighted by Gasteiger charge is 2.16. The minimum Gasteiger partial charge on any atom is -0.492 e. The first-order valence-corrected chi connectivity index (χ1v) is 8.58. The average Bonchev–Trinajstić information content (AvgIpc) is 2.32. The van der Waals surface area contributed by atoms with E-state index in [1.54, 1.807) is 20.8 Å². The Balaban J connectivity index is 2.48. The Morgan fingerprint density at radius 3 is 2.45 bits per heavy atom. The summed E-state index contributed by atoms with van der Waals surface area (Å²) >= 11 is 5.93. The summed E-state index contributed by atoms with van der Waals surface area (Å²) in [4.78, 5) is 11.4. The molecule has 1 rings (SSSR count). The van der Waals surface area contributed by atoms with E-state index in [9.17, 15) is 13.2 Å². The van der Waals surface area contributed by atoms with Crippen LogP contribution in [-0.2, 0) is 19.6 Å². The van der Waals surface area contributed by atoms with Gasteiger partial charge in [0.25, 0.3) is 0 Å². The van der Waals surface area contributed by atoms with E-state index >= 15 is 0 Å². The van der Waals surface area contributed by atoms with Crippen LogP contribution in [-0.4, -0.2) is 26.6 Å². The Morgan fingerprint density at radius 1 is 1.32 bits per heavy atom. The first-order valence-electron chi connectivity index (χ1n) is 6.66. The monoisotopic (exact) mass is 349 g/mol. The summed E-state index contributed by atoms with van der Waals surface area (Å²) in [5.74, 6) is 0.0324. The van der Waals surface area contributed by atoms with Crippen LogP contribution in [0, 0.1) is 0 Å². The van der Waals surface area contributed by atoms with Gasteiger partial charge in [-0.2, -0.15) is 0 Å². The summed E-state index contributed by atoms with van der Waals surface area (Å²) in [7, 11) is -3.80. The molecule has 0 saturated carbocycles. The van der Waals surface area contributed by atoms with Crippen molar-refractivity contribution >= 4 is 27.6 Å². The predicted octanol–water partition coefficient (Wildman–Crippen LogP) is 2.49. The SMILES string of the molecule is CC(C)(C)OC(=O)CCCOc1ccc(S(N)(=O)=O)cc1Cl. The predicted molar refractivity (Wildman–Crippen MR) is 83.4 cm³/mol. The lowest BCUT2D eigenvalue weighted by atomic mass is 10.2. The summed E-state index contributed by atoms with van der Waals surface area (Å²) in [5, 5.41) is 5.14. The van der Waals surface area contributed by atoms with Gasteiger partial charge < -0.3 is 9.47 Å². The van der Waals surface area contributed by atoms with Crippen LogP contribution in [0.2, 0.25) is 5.02 Å². The van der Waals surface area contributed by atoms with Crippen molar-refractivity contribution < 1.29 is 22.7 Å². The van der Waals surface area contributed by atoms with Crippen LogP contribution < -0.4 is 9.88 Å². The normalized spacial score (nSPS) is 12.0. The highest BCUT2D eigenvalue weighted by atomic mass is 35.5. The zero-order chi connectivity index (χ0) is 17.0. The molecule has 0 radical (unpaired) electrons. The van der Waals surface area contributed by atoms with E-state index in [1.165, 1.54) is 18.2 Å². The van der Waals surface area contributed by atoms with E-state index in [0.717, 1.165) is 0 Å². The van der Waals surface area contributed by atoms with Crippen molar-refractivity contribution in [2.24, 2.45) is 5.14 Å². The number of primary sulfonamides is 1. The number of sulfonamides is 1. The molecular weight excluding hydrogens is 330 g/mol. The molecule has 0 unspecified atom stereocenters. The summed E-state index contributed by atoms with van der Waals surface area (Å²) in [6, 6.07) is 3.96. The molecule has 1 aromatic carbocycles. The Kier molecular flexibility index (Phi) is 6.22. The van der Waals surface area contributed by atoms with Gasteiger partial charge in [-0.3, -0.25) is 4.79 Å². The average molecular weight is 350 g/mol.